The van der Waals surface area contributed by atoms with E-state index in [9.17, 15) is 9.59 Å². The Hall–Kier alpha value is -3.52. The van der Waals surface area contributed by atoms with Crippen LogP contribution in [0.15, 0.2) is 57.7 Å². The SMILES string of the molecule is CCOc1cccc([C@H]2c3c(oc4ccccc4c3=O)C(=O)N2c2nnc(C(C)C)s2)c1. The Morgan fingerprint density at radius 3 is 2.69 bits per heavy atom. The summed E-state index contributed by atoms with van der Waals surface area (Å²) >= 11 is 1.34. The van der Waals surface area contributed by atoms with Crippen molar-refractivity contribution in [1.29, 1.82) is 0 Å². The predicted molar refractivity (Wildman–Crippen MR) is 123 cm³/mol. The van der Waals surface area contributed by atoms with Gasteiger partial charge in [-0.25, -0.2) is 0 Å². The first kappa shape index (κ1) is 20.4. The van der Waals surface area contributed by atoms with Gasteiger partial charge in [0.05, 0.1) is 23.6 Å². The summed E-state index contributed by atoms with van der Waals surface area (Å²) in [5.74, 6) is 0.475. The van der Waals surface area contributed by atoms with Gasteiger partial charge in [-0.1, -0.05) is 49.4 Å². The third-order valence-corrected chi connectivity index (χ3v) is 6.62. The molecule has 2 aromatic carbocycles. The molecule has 2 aromatic heterocycles. The van der Waals surface area contributed by atoms with Crippen LogP contribution in [0.1, 0.15) is 59.4 Å². The lowest BCUT2D eigenvalue weighted by molar-refractivity contribution is 0.0970. The van der Waals surface area contributed by atoms with E-state index in [1.54, 1.807) is 24.3 Å². The van der Waals surface area contributed by atoms with Gasteiger partial charge >= 0.3 is 0 Å². The van der Waals surface area contributed by atoms with Crippen LogP contribution in [-0.2, 0) is 0 Å². The molecule has 1 aliphatic heterocycles. The minimum absolute atomic E-state index is 0.0433. The smallest absolute Gasteiger partial charge is 0.297 e. The van der Waals surface area contributed by atoms with Gasteiger partial charge in [0.2, 0.25) is 10.9 Å². The van der Waals surface area contributed by atoms with Crippen molar-refractivity contribution in [2.45, 2.75) is 32.7 Å². The first-order valence-electron chi connectivity index (χ1n) is 10.4. The van der Waals surface area contributed by atoms with Gasteiger partial charge in [0.1, 0.15) is 16.3 Å². The summed E-state index contributed by atoms with van der Waals surface area (Å²) in [7, 11) is 0. The van der Waals surface area contributed by atoms with Gasteiger partial charge in [-0.05, 0) is 36.8 Å². The maximum atomic E-state index is 13.6. The number of amides is 1. The van der Waals surface area contributed by atoms with Crippen LogP contribution in [0.4, 0.5) is 5.13 Å². The zero-order valence-corrected chi connectivity index (χ0v) is 18.7. The molecule has 8 heteroatoms. The van der Waals surface area contributed by atoms with Crippen molar-refractivity contribution in [3.8, 4) is 5.75 Å². The van der Waals surface area contributed by atoms with Crippen LogP contribution in [0.3, 0.4) is 0 Å². The van der Waals surface area contributed by atoms with E-state index < -0.39 is 11.9 Å². The van der Waals surface area contributed by atoms with E-state index in [1.165, 1.54) is 16.2 Å². The second-order valence-electron chi connectivity index (χ2n) is 7.83. The first-order valence-corrected chi connectivity index (χ1v) is 11.3. The Labute approximate surface area is 188 Å². The number of carbonyl (C=O) groups excluding carboxylic acids is 1. The zero-order chi connectivity index (χ0) is 22.4. The largest absolute Gasteiger partial charge is 0.494 e. The Balaban J connectivity index is 1.76. The lowest BCUT2D eigenvalue weighted by atomic mass is 9.98. The van der Waals surface area contributed by atoms with Crippen LogP contribution in [0, 0.1) is 0 Å². The number of para-hydroxylation sites is 1. The zero-order valence-electron chi connectivity index (χ0n) is 17.9. The highest BCUT2D eigenvalue weighted by atomic mass is 32.1. The van der Waals surface area contributed by atoms with Crippen molar-refractivity contribution in [2.75, 3.05) is 11.5 Å². The number of ether oxygens (including phenoxy) is 1. The summed E-state index contributed by atoms with van der Waals surface area (Å²) in [6.07, 6.45) is 0. The standard InChI is InChI=1S/C24H21N3O4S/c1-4-30-15-9-7-8-14(12-15)19-18-20(28)16-10-5-6-11-17(16)31-21(18)23(29)27(19)24-26-25-22(32-24)13(2)3/h5-13,19H,4H2,1-3H3/t19-/m0/s1. The summed E-state index contributed by atoms with van der Waals surface area (Å²) < 4.78 is 11.6. The second kappa shape index (κ2) is 7.87. The van der Waals surface area contributed by atoms with Crippen LogP contribution >= 0.6 is 11.3 Å². The second-order valence-corrected chi connectivity index (χ2v) is 8.82. The minimum atomic E-state index is -0.688. The minimum Gasteiger partial charge on any atom is -0.494 e. The van der Waals surface area contributed by atoms with E-state index in [2.05, 4.69) is 10.2 Å². The number of carbonyl (C=O) groups is 1. The van der Waals surface area contributed by atoms with Crippen molar-refractivity contribution >= 4 is 33.3 Å². The summed E-state index contributed by atoms with van der Waals surface area (Å²) in [6, 6.07) is 13.7. The van der Waals surface area contributed by atoms with Crippen LogP contribution in [0.2, 0.25) is 0 Å². The summed E-state index contributed by atoms with van der Waals surface area (Å²) in [5.41, 5.74) is 1.21. The lowest BCUT2D eigenvalue weighted by Crippen LogP contribution is -2.29. The molecule has 0 fully saturated rings. The van der Waals surface area contributed by atoms with Gasteiger partial charge < -0.3 is 9.15 Å². The number of anilines is 1. The number of fused-ring (bicyclic) bond motifs is 2. The summed E-state index contributed by atoms with van der Waals surface area (Å²) in [5, 5.41) is 10.2. The summed E-state index contributed by atoms with van der Waals surface area (Å²) in [4.78, 5) is 28.6. The maximum Gasteiger partial charge on any atom is 0.297 e. The third-order valence-electron chi connectivity index (χ3n) is 5.39. The molecule has 4 aromatic rings. The van der Waals surface area contributed by atoms with Crippen molar-refractivity contribution in [3.63, 3.8) is 0 Å². The van der Waals surface area contributed by atoms with E-state index in [0.29, 0.717) is 34.0 Å². The molecule has 1 aliphatic rings. The quantitative estimate of drug-likeness (QED) is 0.432. The molecule has 5 rings (SSSR count). The first-order chi connectivity index (χ1) is 15.5. The average Bonchev–Trinajstić information content (AvgIpc) is 3.38. The van der Waals surface area contributed by atoms with E-state index >= 15 is 0 Å². The molecule has 0 saturated carbocycles. The third kappa shape index (κ3) is 3.18. The van der Waals surface area contributed by atoms with Gasteiger partial charge in [-0.3, -0.25) is 14.5 Å². The van der Waals surface area contributed by atoms with Crippen LogP contribution < -0.4 is 15.1 Å². The molecular formula is C24H21N3O4S. The molecule has 0 aliphatic carbocycles. The highest BCUT2D eigenvalue weighted by molar-refractivity contribution is 7.15. The van der Waals surface area contributed by atoms with Crippen LogP contribution in [0.25, 0.3) is 11.0 Å². The number of hydrogen-bond donors (Lipinski definition) is 0. The molecule has 3 heterocycles. The molecule has 0 saturated heterocycles. The molecule has 0 unspecified atom stereocenters. The molecule has 0 N–H and O–H groups in total. The highest BCUT2D eigenvalue weighted by Gasteiger charge is 2.45. The van der Waals surface area contributed by atoms with Gasteiger partial charge in [0, 0.05) is 5.92 Å². The number of rotatable bonds is 5. The molecule has 162 valence electrons. The lowest BCUT2D eigenvalue weighted by Gasteiger charge is -2.22. The Bertz CT molecular complexity index is 1390. The molecular weight excluding hydrogens is 426 g/mol. The molecule has 7 nitrogen and oxygen atoms in total. The van der Waals surface area contributed by atoms with Gasteiger partial charge in [0.15, 0.2) is 5.43 Å². The van der Waals surface area contributed by atoms with Gasteiger partial charge in [0.25, 0.3) is 5.91 Å². The fourth-order valence-corrected chi connectivity index (χ4v) is 4.80. The fourth-order valence-electron chi connectivity index (χ4n) is 3.93. The van der Waals surface area contributed by atoms with Crippen molar-refractivity contribution in [1.82, 2.24) is 10.2 Å². The van der Waals surface area contributed by atoms with Gasteiger partial charge in [-0.2, -0.15) is 0 Å². The number of hydrogen-bond acceptors (Lipinski definition) is 7. The Morgan fingerprint density at radius 1 is 1.12 bits per heavy atom. The van der Waals surface area contributed by atoms with Crippen molar-refractivity contribution in [2.24, 2.45) is 0 Å². The van der Waals surface area contributed by atoms with E-state index in [-0.39, 0.29) is 17.1 Å². The molecule has 0 radical (unpaired) electrons. The monoisotopic (exact) mass is 447 g/mol. The highest BCUT2D eigenvalue weighted by Crippen LogP contribution is 2.43. The number of nitrogens with zero attached hydrogens (tertiary/aromatic N) is 3. The normalized spacial score (nSPS) is 15.6. The van der Waals surface area contributed by atoms with Gasteiger partial charge in [-0.15, -0.1) is 10.2 Å². The summed E-state index contributed by atoms with van der Waals surface area (Å²) in [6.45, 7) is 6.45. The maximum absolute atomic E-state index is 13.6. The van der Waals surface area contributed by atoms with E-state index in [1.807, 2.05) is 45.0 Å². The Kier molecular flexibility index (Phi) is 5.01. The van der Waals surface area contributed by atoms with E-state index in [4.69, 9.17) is 9.15 Å². The van der Waals surface area contributed by atoms with E-state index in [0.717, 1.165) is 10.6 Å². The number of benzene rings is 2. The molecule has 0 spiro atoms. The topological polar surface area (TPSA) is 85.5 Å². The Morgan fingerprint density at radius 2 is 1.94 bits per heavy atom. The number of aromatic nitrogens is 2. The van der Waals surface area contributed by atoms with Crippen LogP contribution in [-0.4, -0.2) is 22.7 Å². The molecule has 1 amide bonds. The molecule has 0 bridgehead atoms. The van der Waals surface area contributed by atoms with Crippen molar-refractivity contribution in [3.05, 3.63) is 80.6 Å². The van der Waals surface area contributed by atoms with Crippen LogP contribution in [0.5, 0.6) is 5.75 Å². The molecule has 32 heavy (non-hydrogen) atoms. The predicted octanol–water partition coefficient (Wildman–Crippen LogP) is 4.92. The average molecular weight is 448 g/mol. The fraction of sp³-hybridized carbons (Fsp3) is 0.250. The van der Waals surface area contributed by atoms with Crippen molar-refractivity contribution < 1.29 is 13.9 Å². The molecule has 1 atom stereocenters.